The summed E-state index contributed by atoms with van der Waals surface area (Å²) in [5.74, 6) is 1.11. The molecule has 22 heavy (non-hydrogen) atoms. The zero-order valence-corrected chi connectivity index (χ0v) is 12.5. The molecular weight excluding hydrogens is 301 g/mol. The summed E-state index contributed by atoms with van der Waals surface area (Å²) in [6.45, 7) is 0.510. The van der Waals surface area contributed by atoms with Gasteiger partial charge in [-0.25, -0.2) is 14.1 Å². The van der Waals surface area contributed by atoms with Gasteiger partial charge in [-0.05, 0) is 36.4 Å². The fourth-order valence-electron chi connectivity index (χ4n) is 1.84. The van der Waals surface area contributed by atoms with E-state index in [4.69, 9.17) is 4.74 Å². The van der Waals surface area contributed by atoms with Crippen LogP contribution in [-0.4, -0.2) is 27.1 Å². The Labute approximate surface area is 132 Å². The Hall–Kier alpha value is -2.34. The minimum absolute atomic E-state index is 0.266. The molecule has 3 aromatic rings. The molecule has 4 nitrogen and oxygen atoms in total. The molecule has 0 radical (unpaired) electrons. The van der Waals surface area contributed by atoms with E-state index in [1.807, 2.05) is 30.3 Å². The normalized spacial score (nSPS) is 10.6. The maximum absolute atomic E-state index is 12.8. The fourth-order valence-corrected chi connectivity index (χ4v) is 2.46. The standard InChI is InChI=1S/C16H14FN3OS/c17-13-6-8-15(9-7-13)21-10-11-22-16-18-12-20(19-16)14-4-2-1-3-5-14/h1-9,12H,10-11H2. The van der Waals surface area contributed by atoms with Crippen molar-refractivity contribution < 1.29 is 9.13 Å². The number of ether oxygens (including phenoxy) is 1. The first kappa shape index (κ1) is 14.6. The van der Waals surface area contributed by atoms with E-state index in [9.17, 15) is 4.39 Å². The number of hydrogen-bond acceptors (Lipinski definition) is 4. The van der Waals surface area contributed by atoms with Gasteiger partial charge in [0.05, 0.1) is 12.3 Å². The van der Waals surface area contributed by atoms with E-state index in [1.54, 1.807) is 23.1 Å². The maximum Gasteiger partial charge on any atom is 0.208 e. The Balaban J connectivity index is 1.48. The van der Waals surface area contributed by atoms with E-state index >= 15 is 0 Å². The van der Waals surface area contributed by atoms with Gasteiger partial charge in [-0.15, -0.1) is 5.10 Å². The average Bonchev–Trinajstić information content (AvgIpc) is 3.03. The number of aromatic nitrogens is 3. The highest BCUT2D eigenvalue weighted by Gasteiger charge is 2.03. The van der Waals surface area contributed by atoms with Crippen LogP contribution in [0.4, 0.5) is 4.39 Å². The number of para-hydroxylation sites is 1. The van der Waals surface area contributed by atoms with Gasteiger partial charge in [0.15, 0.2) is 0 Å². The maximum atomic E-state index is 12.8. The van der Waals surface area contributed by atoms with Crippen LogP contribution in [0.5, 0.6) is 5.75 Å². The lowest BCUT2D eigenvalue weighted by molar-refractivity contribution is 0.343. The third-order valence-corrected chi connectivity index (χ3v) is 3.70. The molecule has 0 aliphatic rings. The lowest BCUT2D eigenvalue weighted by Gasteiger charge is -2.04. The second-order valence-electron chi connectivity index (χ2n) is 4.46. The monoisotopic (exact) mass is 315 g/mol. The summed E-state index contributed by atoms with van der Waals surface area (Å²) in [7, 11) is 0. The Morgan fingerprint density at radius 3 is 2.59 bits per heavy atom. The Morgan fingerprint density at radius 2 is 1.82 bits per heavy atom. The molecular formula is C16H14FN3OS. The van der Waals surface area contributed by atoms with E-state index in [1.165, 1.54) is 23.9 Å². The van der Waals surface area contributed by atoms with E-state index in [-0.39, 0.29) is 5.82 Å². The molecule has 3 rings (SSSR count). The van der Waals surface area contributed by atoms with Crippen LogP contribution < -0.4 is 4.74 Å². The van der Waals surface area contributed by atoms with Gasteiger partial charge >= 0.3 is 0 Å². The van der Waals surface area contributed by atoms with Crippen LogP contribution in [0.2, 0.25) is 0 Å². The lowest BCUT2D eigenvalue weighted by Crippen LogP contribution is -2.00. The van der Waals surface area contributed by atoms with Crippen LogP contribution in [0, 0.1) is 5.82 Å². The Bertz CT molecular complexity index is 716. The van der Waals surface area contributed by atoms with E-state index < -0.39 is 0 Å². The molecule has 0 aliphatic carbocycles. The molecule has 0 fully saturated rings. The van der Waals surface area contributed by atoms with Crippen LogP contribution in [-0.2, 0) is 0 Å². The van der Waals surface area contributed by atoms with Crippen molar-refractivity contribution in [2.24, 2.45) is 0 Å². The van der Waals surface area contributed by atoms with Crippen molar-refractivity contribution in [3.63, 3.8) is 0 Å². The zero-order valence-electron chi connectivity index (χ0n) is 11.7. The van der Waals surface area contributed by atoms with Crippen molar-refractivity contribution in [1.29, 1.82) is 0 Å². The zero-order chi connectivity index (χ0) is 15.2. The topological polar surface area (TPSA) is 39.9 Å². The third kappa shape index (κ3) is 3.85. The molecule has 2 aromatic carbocycles. The van der Waals surface area contributed by atoms with Crippen molar-refractivity contribution in [3.05, 3.63) is 66.7 Å². The SMILES string of the molecule is Fc1ccc(OCCSc2ncn(-c3ccccc3)n2)cc1. The summed E-state index contributed by atoms with van der Waals surface area (Å²) in [5.41, 5.74) is 0.976. The van der Waals surface area contributed by atoms with E-state index in [0.29, 0.717) is 17.5 Å². The lowest BCUT2D eigenvalue weighted by atomic mass is 10.3. The molecule has 1 heterocycles. The highest BCUT2D eigenvalue weighted by molar-refractivity contribution is 7.99. The van der Waals surface area contributed by atoms with Gasteiger partial charge in [0.2, 0.25) is 5.16 Å². The second kappa shape index (κ2) is 7.09. The van der Waals surface area contributed by atoms with Gasteiger partial charge in [0.25, 0.3) is 0 Å². The summed E-state index contributed by atoms with van der Waals surface area (Å²) in [4.78, 5) is 4.26. The molecule has 0 spiro atoms. The van der Waals surface area contributed by atoms with Crippen molar-refractivity contribution >= 4 is 11.8 Å². The van der Waals surface area contributed by atoms with Crippen molar-refractivity contribution in [2.75, 3.05) is 12.4 Å². The fraction of sp³-hybridized carbons (Fsp3) is 0.125. The molecule has 0 atom stereocenters. The Kier molecular flexibility index (Phi) is 4.70. The number of nitrogens with zero attached hydrogens (tertiary/aromatic N) is 3. The summed E-state index contributed by atoms with van der Waals surface area (Å²) in [5, 5.41) is 5.10. The van der Waals surface area contributed by atoms with Crippen LogP contribution >= 0.6 is 11.8 Å². The average molecular weight is 315 g/mol. The van der Waals surface area contributed by atoms with Gasteiger partial charge in [-0.1, -0.05) is 30.0 Å². The van der Waals surface area contributed by atoms with Crippen molar-refractivity contribution in [2.45, 2.75) is 5.16 Å². The number of rotatable bonds is 6. The first-order valence-electron chi connectivity index (χ1n) is 6.79. The molecule has 0 N–H and O–H groups in total. The Morgan fingerprint density at radius 1 is 1.05 bits per heavy atom. The van der Waals surface area contributed by atoms with E-state index in [2.05, 4.69) is 10.1 Å². The molecule has 0 aliphatic heterocycles. The summed E-state index contributed by atoms with van der Waals surface area (Å²) in [6, 6.07) is 15.8. The molecule has 0 bridgehead atoms. The number of hydrogen-bond donors (Lipinski definition) is 0. The largest absolute Gasteiger partial charge is 0.493 e. The molecule has 0 amide bonds. The van der Waals surface area contributed by atoms with Crippen LogP contribution in [0.3, 0.4) is 0 Å². The van der Waals surface area contributed by atoms with Gasteiger partial charge in [-0.2, -0.15) is 0 Å². The second-order valence-corrected chi connectivity index (χ2v) is 5.52. The van der Waals surface area contributed by atoms with Gasteiger partial charge in [0, 0.05) is 5.75 Å². The summed E-state index contributed by atoms with van der Waals surface area (Å²) < 4.78 is 20.0. The summed E-state index contributed by atoms with van der Waals surface area (Å²) >= 11 is 1.52. The van der Waals surface area contributed by atoms with E-state index in [0.717, 1.165) is 11.4 Å². The minimum atomic E-state index is -0.266. The predicted octanol–water partition coefficient (Wildman–Crippen LogP) is 3.58. The van der Waals surface area contributed by atoms with Gasteiger partial charge in [0.1, 0.15) is 17.9 Å². The van der Waals surface area contributed by atoms with Crippen molar-refractivity contribution in [3.8, 4) is 11.4 Å². The predicted molar refractivity (Wildman–Crippen MR) is 84.0 cm³/mol. The molecule has 0 saturated heterocycles. The quantitative estimate of drug-likeness (QED) is 0.515. The van der Waals surface area contributed by atoms with Crippen molar-refractivity contribution in [1.82, 2.24) is 14.8 Å². The third-order valence-electron chi connectivity index (χ3n) is 2.89. The summed E-state index contributed by atoms with van der Waals surface area (Å²) in [6.07, 6.45) is 1.69. The smallest absolute Gasteiger partial charge is 0.208 e. The van der Waals surface area contributed by atoms with Crippen LogP contribution in [0.1, 0.15) is 0 Å². The first-order chi connectivity index (χ1) is 10.8. The number of benzene rings is 2. The highest BCUT2D eigenvalue weighted by atomic mass is 32.2. The van der Waals surface area contributed by atoms with Gasteiger partial charge < -0.3 is 4.74 Å². The molecule has 0 saturated carbocycles. The minimum Gasteiger partial charge on any atom is -0.493 e. The number of thioether (sulfide) groups is 1. The molecule has 0 unspecified atom stereocenters. The molecule has 6 heteroatoms. The molecule has 112 valence electrons. The highest BCUT2D eigenvalue weighted by Crippen LogP contribution is 2.15. The first-order valence-corrected chi connectivity index (χ1v) is 7.78. The van der Waals surface area contributed by atoms with Crippen LogP contribution in [0.15, 0.2) is 66.1 Å². The molecule has 1 aromatic heterocycles. The number of halogens is 1. The van der Waals surface area contributed by atoms with Crippen LogP contribution in [0.25, 0.3) is 5.69 Å². The van der Waals surface area contributed by atoms with Gasteiger partial charge in [-0.3, -0.25) is 0 Å².